The van der Waals surface area contributed by atoms with Crippen LogP contribution in [0.2, 0.25) is 0 Å². The van der Waals surface area contributed by atoms with Crippen LogP contribution in [-0.2, 0) is 6.61 Å². The standard InChI is InChI=1S/C14H12O5/c15-8-11-13(17)12(14(18)19-11)10(16)7-6-9-4-2-1-3-5-9/h1-7,15,17-18H,8H2/b7-6-. The van der Waals surface area contributed by atoms with E-state index >= 15 is 0 Å². The molecule has 1 heterocycles. The van der Waals surface area contributed by atoms with E-state index in [0.717, 1.165) is 5.56 Å². The summed E-state index contributed by atoms with van der Waals surface area (Å²) in [5, 5.41) is 27.9. The Balaban J connectivity index is 2.26. The highest BCUT2D eigenvalue weighted by atomic mass is 16.5. The van der Waals surface area contributed by atoms with Gasteiger partial charge in [0.25, 0.3) is 5.95 Å². The maximum atomic E-state index is 11.8. The molecule has 0 saturated heterocycles. The van der Waals surface area contributed by atoms with E-state index < -0.39 is 24.1 Å². The molecule has 0 aliphatic carbocycles. The van der Waals surface area contributed by atoms with Crippen molar-refractivity contribution in [2.45, 2.75) is 6.61 Å². The number of hydrogen-bond acceptors (Lipinski definition) is 5. The maximum absolute atomic E-state index is 11.8. The van der Waals surface area contributed by atoms with Crippen molar-refractivity contribution in [3.63, 3.8) is 0 Å². The number of aliphatic hydroxyl groups is 1. The normalized spacial score (nSPS) is 11.0. The Bertz CT molecular complexity index is 610. The quantitative estimate of drug-likeness (QED) is 0.578. The summed E-state index contributed by atoms with van der Waals surface area (Å²) in [6, 6.07) is 9.10. The highest BCUT2D eigenvalue weighted by Crippen LogP contribution is 2.34. The predicted octanol–water partition coefficient (Wildman–Crippen LogP) is 2.08. The van der Waals surface area contributed by atoms with Gasteiger partial charge in [-0.25, -0.2) is 0 Å². The number of furan rings is 1. The molecule has 98 valence electrons. The van der Waals surface area contributed by atoms with Gasteiger partial charge in [-0.05, 0) is 11.6 Å². The van der Waals surface area contributed by atoms with Crippen LogP contribution >= 0.6 is 0 Å². The van der Waals surface area contributed by atoms with Gasteiger partial charge in [0.1, 0.15) is 12.2 Å². The monoisotopic (exact) mass is 260 g/mol. The second-order valence-corrected chi connectivity index (χ2v) is 3.82. The molecule has 19 heavy (non-hydrogen) atoms. The molecule has 2 rings (SSSR count). The van der Waals surface area contributed by atoms with Gasteiger partial charge in [0.2, 0.25) is 0 Å². The van der Waals surface area contributed by atoms with Crippen LogP contribution in [0.1, 0.15) is 21.7 Å². The molecule has 0 aliphatic heterocycles. The molecule has 0 radical (unpaired) electrons. The average Bonchev–Trinajstić information content (AvgIpc) is 2.72. The Labute approximate surface area is 109 Å². The van der Waals surface area contributed by atoms with Crippen LogP contribution in [0.4, 0.5) is 0 Å². The van der Waals surface area contributed by atoms with Crippen LogP contribution in [0.15, 0.2) is 40.8 Å². The van der Waals surface area contributed by atoms with Crippen LogP contribution in [0.5, 0.6) is 11.7 Å². The van der Waals surface area contributed by atoms with E-state index in [1.807, 2.05) is 18.2 Å². The number of allylic oxidation sites excluding steroid dienone is 1. The van der Waals surface area contributed by atoms with Gasteiger partial charge in [-0.2, -0.15) is 0 Å². The maximum Gasteiger partial charge on any atom is 0.297 e. The van der Waals surface area contributed by atoms with Crippen molar-refractivity contribution < 1.29 is 24.5 Å². The first-order chi connectivity index (χ1) is 9.13. The summed E-state index contributed by atoms with van der Waals surface area (Å²) in [7, 11) is 0. The van der Waals surface area contributed by atoms with Gasteiger partial charge >= 0.3 is 0 Å². The molecular weight excluding hydrogens is 248 g/mol. The Hall–Kier alpha value is -2.53. The smallest absolute Gasteiger partial charge is 0.297 e. The first-order valence-electron chi connectivity index (χ1n) is 5.55. The molecule has 0 unspecified atom stereocenters. The third kappa shape index (κ3) is 2.66. The summed E-state index contributed by atoms with van der Waals surface area (Å²) in [5.74, 6) is -2.09. The van der Waals surface area contributed by atoms with E-state index in [4.69, 9.17) is 5.11 Å². The first kappa shape index (κ1) is 12.9. The van der Waals surface area contributed by atoms with Crippen LogP contribution in [0.25, 0.3) is 6.08 Å². The zero-order valence-corrected chi connectivity index (χ0v) is 9.91. The summed E-state index contributed by atoms with van der Waals surface area (Å²) in [6.45, 7) is -0.602. The Morgan fingerprint density at radius 2 is 1.89 bits per heavy atom. The number of hydrogen-bond donors (Lipinski definition) is 3. The minimum Gasteiger partial charge on any atom is -0.504 e. The largest absolute Gasteiger partial charge is 0.504 e. The van der Waals surface area contributed by atoms with E-state index in [-0.39, 0.29) is 11.3 Å². The fraction of sp³-hybridized carbons (Fsp3) is 0.0714. The van der Waals surface area contributed by atoms with E-state index in [0.29, 0.717) is 0 Å². The van der Waals surface area contributed by atoms with Crippen molar-refractivity contribution in [1.82, 2.24) is 0 Å². The molecule has 1 aromatic carbocycles. The molecule has 3 N–H and O–H groups in total. The molecule has 0 amide bonds. The van der Waals surface area contributed by atoms with Gasteiger partial charge in [0, 0.05) is 0 Å². The molecule has 0 aliphatic rings. The van der Waals surface area contributed by atoms with E-state index in [9.17, 15) is 15.0 Å². The summed E-state index contributed by atoms with van der Waals surface area (Å²) >= 11 is 0. The topological polar surface area (TPSA) is 90.9 Å². The molecule has 0 saturated carbocycles. The lowest BCUT2D eigenvalue weighted by molar-refractivity contribution is 0.104. The molecule has 5 heteroatoms. The summed E-state index contributed by atoms with van der Waals surface area (Å²) < 4.78 is 4.67. The number of carbonyl (C=O) groups is 1. The molecular formula is C14H12O5. The Morgan fingerprint density at radius 3 is 2.47 bits per heavy atom. The third-order valence-electron chi connectivity index (χ3n) is 2.55. The van der Waals surface area contributed by atoms with Crippen molar-refractivity contribution in [3.05, 3.63) is 53.3 Å². The SMILES string of the molecule is O=C(/C=C\c1ccccc1)c1c(O)oc(CO)c1O. The number of ketones is 1. The minimum absolute atomic E-state index is 0.242. The second-order valence-electron chi connectivity index (χ2n) is 3.82. The van der Waals surface area contributed by atoms with Gasteiger partial charge < -0.3 is 19.7 Å². The van der Waals surface area contributed by atoms with Crippen molar-refractivity contribution in [2.75, 3.05) is 0 Å². The van der Waals surface area contributed by atoms with Gasteiger partial charge in [-0.1, -0.05) is 36.4 Å². The number of carbonyl (C=O) groups excluding carboxylic acids is 1. The van der Waals surface area contributed by atoms with Crippen molar-refractivity contribution >= 4 is 11.9 Å². The predicted molar refractivity (Wildman–Crippen MR) is 67.8 cm³/mol. The molecule has 0 spiro atoms. The lowest BCUT2D eigenvalue weighted by atomic mass is 10.1. The molecule has 1 aromatic heterocycles. The van der Waals surface area contributed by atoms with E-state index in [1.54, 1.807) is 18.2 Å². The number of rotatable bonds is 4. The summed E-state index contributed by atoms with van der Waals surface area (Å²) in [5.41, 5.74) is 0.455. The lowest BCUT2D eigenvalue weighted by Crippen LogP contribution is -1.93. The van der Waals surface area contributed by atoms with Crippen LogP contribution < -0.4 is 0 Å². The summed E-state index contributed by atoms with van der Waals surface area (Å²) in [4.78, 5) is 11.8. The average molecular weight is 260 g/mol. The highest BCUT2D eigenvalue weighted by molar-refractivity contribution is 6.10. The molecule has 0 bridgehead atoms. The van der Waals surface area contributed by atoms with E-state index in [1.165, 1.54) is 6.08 Å². The molecule has 0 atom stereocenters. The van der Waals surface area contributed by atoms with Gasteiger partial charge in [-0.3, -0.25) is 4.79 Å². The third-order valence-corrected chi connectivity index (χ3v) is 2.55. The van der Waals surface area contributed by atoms with Gasteiger partial charge in [0.05, 0.1) is 0 Å². The second kappa shape index (κ2) is 5.41. The fourth-order valence-corrected chi connectivity index (χ4v) is 1.61. The van der Waals surface area contributed by atoms with Crippen molar-refractivity contribution in [3.8, 4) is 11.7 Å². The van der Waals surface area contributed by atoms with Crippen molar-refractivity contribution in [2.24, 2.45) is 0 Å². The fourth-order valence-electron chi connectivity index (χ4n) is 1.61. The highest BCUT2D eigenvalue weighted by Gasteiger charge is 2.23. The Morgan fingerprint density at radius 1 is 1.21 bits per heavy atom. The zero-order valence-electron chi connectivity index (χ0n) is 9.91. The molecule has 5 nitrogen and oxygen atoms in total. The number of benzene rings is 1. The van der Waals surface area contributed by atoms with E-state index in [2.05, 4.69) is 4.42 Å². The van der Waals surface area contributed by atoms with Crippen LogP contribution in [0.3, 0.4) is 0 Å². The minimum atomic E-state index is -0.704. The zero-order chi connectivity index (χ0) is 13.8. The van der Waals surface area contributed by atoms with Gasteiger partial charge in [-0.15, -0.1) is 0 Å². The van der Waals surface area contributed by atoms with Crippen LogP contribution in [-0.4, -0.2) is 21.1 Å². The number of aliphatic hydroxyl groups excluding tert-OH is 1. The summed E-state index contributed by atoms with van der Waals surface area (Å²) in [6.07, 6.45) is 2.76. The van der Waals surface area contributed by atoms with Gasteiger partial charge in [0.15, 0.2) is 17.3 Å². The molecule has 2 aromatic rings. The number of aromatic hydroxyl groups is 2. The first-order valence-corrected chi connectivity index (χ1v) is 5.55. The van der Waals surface area contributed by atoms with Crippen molar-refractivity contribution in [1.29, 1.82) is 0 Å². The molecule has 0 fully saturated rings. The lowest BCUT2D eigenvalue weighted by Gasteiger charge is -1.94. The van der Waals surface area contributed by atoms with Crippen LogP contribution in [0, 0.1) is 0 Å². The Kier molecular flexibility index (Phi) is 3.68.